The van der Waals surface area contributed by atoms with Crippen molar-refractivity contribution in [3.63, 3.8) is 0 Å². The summed E-state index contributed by atoms with van der Waals surface area (Å²) in [6, 6.07) is -1.36. The number of carboxylic acid groups (broad SMARTS) is 1. The molecule has 2 bridgehead atoms. The molecule has 35 heavy (non-hydrogen) atoms. The summed E-state index contributed by atoms with van der Waals surface area (Å²) in [4.78, 5) is 46.2. The number of nitrogens with zero attached hydrogens (tertiary/aromatic N) is 3. The highest BCUT2D eigenvalue weighted by Crippen LogP contribution is 2.69. The van der Waals surface area contributed by atoms with Crippen LogP contribution < -0.4 is 0 Å². The molecule has 0 aliphatic carbocycles. The van der Waals surface area contributed by atoms with Gasteiger partial charge in [0.15, 0.2) is 0 Å². The smallest absolute Gasteiger partial charge is 0.308 e. The number of likely N-dealkylation sites (tertiary alicyclic amines) is 1. The number of ether oxygens (including phenoxy) is 1. The number of aliphatic carboxylic acids is 1. The average Bonchev–Trinajstić information content (AvgIpc) is 3.41. The Hall–Kier alpha value is -1.62. The predicted octanol–water partition coefficient (Wildman–Crippen LogP) is 0.772. The highest BCUT2D eigenvalue weighted by Gasteiger charge is 2.77. The van der Waals surface area contributed by atoms with Gasteiger partial charge in [-0.15, -0.1) is 18.3 Å². The summed E-state index contributed by atoms with van der Waals surface area (Å²) in [5.74, 6) is -3.07. The molecule has 0 aromatic carbocycles. The Labute approximate surface area is 211 Å². The van der Waals surface area contributed by atoms with Crippen molar-refractivity contribution in [2.45, 2.75) is 49.3 Å². The summed E-state index contributed by atoms with van der Waals surface area (Å²) in [5, 5.41) is 20.2. The molecule has 4 rings (SSSR count). The van der Waals surface area contributed by atoms with Crippen LogP contribution in [-0.2, 0) is 19.1 Å². The third kappa shape index (κ3) is 4.30. The van der Waals surface area contributed by atoms with Gasteiger partial charge in [0.25, 0.3) is 0 Å². The van der Waals surface area contributed by atoms with Crippen molar-refractivity contribution in [2.24, 2.45) is 23.7 Å². The number of aliphatic hydroxyl groups excluding tert-OH is 1. The summed E-state index contributed by atoms with van der Waals surface area (Å²) < 4.78 is 4.63. The molecule has 0 radical (unpaired) electrons. The highest BCUT2D eigenvalue weighted by molar-refractivity contribution is 8.02. The molecule has 4 aliphatic rings. The van der Waals surface area contributed by atoms with E-state index in [1.807, 2.05) is 20.8 Å². The molecule has 1 spiro atoms. The number of hydrogen-bond donors (Lipinski definition) is 2. The van der Waals surface area contributed by atoms with Crippen molar-refractivity contribution in [2.75, 3.05) is 52.5 Å². The molecule has 2 amide bonds. The van der Waals surface area contributed by atoms with Gasteiger partial charge >= 0.3 is 5.97 Å². The molecule has 7 atom stereocenters. The van der Waals surface area contributed by atoms with Crippen molar-refractivity contribution in [3.05, 3.63) is 12.7 Å². The molecular formula is C25H39N3O6S. The normalized spacial score (nSPS) is 35.4. The number of carbonyl (C=O) groups excluding carboxylic acids is 2. The van der Waals surface area contributed by atoms with Crippen LogP contribution in [0.4, 0.5) is 0 Å². The van der Waals surface area contributed by atoms with Crippen LogP contribution in [0.5, 0.6) is 0 Å². The quantitative estimate of drug-likeness (QED) is 0.416. The van der Waals surface area contributed by atoms with Gasteiger partial charge in [0.1, 0.15) is 6.04 Å². The lowest BCUT2D eigenvalue weighted by Crippen LogP contribution is -2.60. The molecule has 2 N–H and O–H groups in total. The van der Waals surface area contributed by atoms with E-state index in [1.165, 1.54) is 11.8 Å². The van der Waals surface area contributed by atoms with Crippen molar-refractivity contribution in [1.82, 2.24) is 14.7 Å². The molecule has 9 nitrogen and oxygen atoms in total. The molecular weight excluding hydrogens is 470 g/mol. The third-order valence-corrected chi connectivity index (χ3v) is 10.5. The van der Waals surface area contributed by atoms with Gasteiger partial charge in [-0.3, -0.25) is 19.3 Å². The standard InChI is InChI=1S/C25H39N3O6S/c1-5-6-27(8-7-26-9-11-34-12-10-26)23(31)21-25-16(4)13-18(35-25)19(24(32)33)20(25)22(30)28(21)17(14-29)15(2)3/h5,15-21,29H,1,6-14H2,2-4H3,(H,32,33)/t16?,17-,18-,19+,20-,21?,25?/m0/s1. The van der Waals surface area contributed by atoms with E-state index in [2.05, 4.69) is 11.5 Å². The van der Waals surface area contributed by atoms with Gasteiger partial charge in [0, 0.05) is 38.0 Å². The Morgan fingerprint density at radius 1 is 1.34 bits per heavy atom. The second kappa shape index (κ2) is 10.4. The second-order valence-corrected chi connectivity index (χ2v) is 12.2. The first-order chi connectivity index (χ1) is 16.7. The second-order valence-electron chi connectivity index (χ2n) is 10.7. The molecule has 0 saturated carbocycles. The first-order valence-electron chi connectivity index (χ1n) is 12.7. The first kappa shape index (κ1) is 26.4. The number of amides is 2. The Morgan fingerprint density at radius 3 is 2.60 bits per heavy atom. The van der Waals surface area contributed by atoms with E-state index in [4.69, 9.17) is 4.74 Å². The van der Waals surface area contributed by atoms with Crippen molar-refractivity contribution < 1.29 is 29.3 Å². The zero-order chi connectivity index (χ0) is 25.5. The number of carbonyl (C=O) groups is 3. The lowest BCUT2D eigenvalue weighted by Gasteiger charge is -2.43. The molecule has 0 aromatic rings. The molecule has 0 aromatic heterocycles. The Morgan fingerprint density at radius 2 is 2.03 bits per heavy atom. The summed E-state index contributed by atoms with van der Waals surface area (Å²) >= 11 is 1.53. The number of thioether (sulfide) groups is 1. The van der Waals surface area contributed by atoms with Crippen molar-refractivity contribution in [3.8, 4) is 0 Å². The van der Waals surface area contributed by atoms with Crippen LogP contribution in [0, 0.1) is 23.7 Å². The number of aliphatic hydroxyl groups is 1. The number of morpholine rings is 1. The van der Waals surface area contributed by atoms with Gasteiger partial charge in [-0.05, 0) is 18.3 Å². The molecule has 4 aliphatic heterocycles. The van der Waals surface area contributed by atoms with Gasteiger partial charge in [0.2, 0.25) is 11.8 Å². The minimum atomic E-state index is -0.969. The highest BCUT2D eigenvalue weighted by atomic mass is 32.2. The minimum Gasteiger partial charge on any atom is -0.481 e. The maximum absolute atomic E-state index is 14.4. The summed E-state index contributed by atoms with van der Waals surface area (Å²) in [5.41, 5.74) is 0. The van der Waals surface area contributed by atoms with Crippen LogP contribution in [0.25, 0.3) is 0 Å². The Bertz CT molecular complexity index is 849. The zero-order valence-corrected chi connectivity index (χ0v) is 21.8. The van der Waals surface area contributed by atoms with E-state index in [-0.39, 0.29) is 35.5 Å². The molecule has 4 saturated heterocycles. The van der Waals surface area contributed by atoms with Crippen LogP contribution in [0.3, 0.4) is 0 Å². The monoisotopic (exact) mass is 509 g/mol. The van der Waals surface area contributed by atoms with Crippen molar-refractivity contribution in [1.29, 1.82) is 0 Å². The summed E-state index contributed by atoms with van der Waals surface area (Å²) in [6.07, 6.45) is 2.37. The molecule has 4 heterocycles. The summed E-state index contributed by atoms with van der Waals surface area (Å²) in [7, 11) is 0. The van der Waals surface area contributed by atoms with Gasteiger partial charge in [-0.1, -0.05) is 26.8 Å². The third-order valence-electron chi connectivity index (χ3n) is 8.47. The fourth-order valence-electron chi connectivity index (χ4n) is 6.71. The average molecular weight is 510 g/mol. The van der Waals surface area contributed by atoms with Gasteiger partial charge in [0.05, 0.1) is 42.4 Å². The van der Waals surface area contributed by atoms with Crippen LogP contribution in [0.15, 0.2) is 12.7 Å². The summed E-state index contributed by atoms with van der Waals surface area (Å²) in [6.45, 7) is 13.9. The first-order valence-corrected chi connectivity index (χ1v) is 13.6. The number of hydrogen-bond acceptors (Lipinski definition) is 7. The lowest BCUT2D eigenvalue weighted by atomic mass is 9.66. The molecule has 4 fully saturated rings. The van der Waals surface area contributed by atoms with Crippen LogP contribution in [-0.4, -0.2) is 117 Å². The van der Waals surface area contributed by atoms with Crippen molar-refractivity contribution >= 4 is 29.5 Å². The molecule has 3 unspecified atom stereocenters. The Balaban J connectivity index is 1.71. The topological polar surface area (TPSA) is 111 Å². The van der Waals surface area contributed by atoms with E-state index in [1.54, 1.807) is 15.9 Å². The van der Waals surface area contributed by atoms with Crippen LogP contribution >= 0.6 is 11.8 Å². The van der Waals surface area contributed by atoms with E-state index in [9.17, 15) is 24.6 Å². The lowest BCUT2D eigenvalue weighted by molar-refractivity contribution is -0.150. The fraction of sp³-hybridized carbons (Fsp3) is 0.800. The number of fused-ring (bicyclic) bond motifs is 1. The SMILES string of the molecule is C=CCN(CCN1CCOCC1)C(=O)C1N([C@@H](CO)C(C)C)C(=O)[C@@H]2[C@H](C(=O)O)[C@@H]3CC(C)C12S3. The predicted molar refractivity (Wildman–Crippen MR) is 133 cm³/mol. The van der Waals surface area contributed by atoms with E-state index in [0.717, 1.165) is 13.1 Å². The largest absolute Gasteiger partial charge is 0.481 e. The fourth-order valence-corrected chi connectivity index (χ4v) is 9.10. The number of rotatable bonds is 10. The number of carboxylic acids is 1. The van der Waals surface area contributed by atoms with E-state index in [0.29, 0.717) is 39.3 Å². The van der Waals surface area contributed by atoms with E-state index < -0.39 is 34.6 Å². The molecule has 10 heteroatoms. The van der Waals surface area contributed by atoms with Gasteiger partial charge < -0.3 is 24.7 Å². The maximum atomic E-state index is 14.4. The van der Waals surface area contributed by atoms with Gasteiger partial charge in [-0.2, -0.15) is 0 Å². The minimum absolute atomic E-state index is 0.0114. The van der Waals surface area contributed by atoms with E-state index >= 15 is 0 Å². The molecule has 196 valence electrons. The Kier molecular flexibility index (Phi) is 7.85. The van der Waals surface area contributed by atoms with Gasteiger partial charge in [-0.25, -0.2) is 0 Å². The zero-order valence-electron chi connectivity index (χ0n) is 21.0. The van der Waals surface area contributed by atoms with Crippen LogP contribution in [0.2, 0.25) is 0 Å². The van der Waals surface area contributed by atoms with Crippen LogP contribution in [0.1, 0.15) is 27.2 Å². The maximum Gasteiger partial charge on any atom is 0.308 e.